The minimum Gasteiger partial charge on any atom is -0.377 e. The van der Waals surface area contributed by atoms with Gasteiger partial charge in [0.15, 0.2) is 0 Å². The monoisotopic (exact) mass is 171 g/mol. The maximum atomic E-state index is 5.37. The van der Waals surface area contributed by atoms with Gasteiger partial charge in [0.25, 0.3) is 0 Å². The highest BCUT2D eigenvalue weighted by Crippen LogP contribution is 2.17. The van der Waals surface area contributed by atoms with Crippen molar-refractivity contribution in [1.29, 1.82) is 0 Å². The summed E-state index contributed by atoms with van der Waals surface area (Å²) >= 11 is 0. The molecule has 0 spiro atoms. The summed E-state index contributed by atoms with van der Waals surface area (Å²) < 4.78 is 5.37. The summed E-state index contributed by atoms with van der Waals surface area (Å²) in [5.74, 6) is 0. The molecule has 0 aromatic heterocycles. The molecule has 0 aliphatic rings. The fourth-order valence-electron chi connectivity index (χ4n) is 0.694. The Labute approximate surface area is 75.8 Å². The van der Waals surface area contributed by atoms with Gasteiger partial charge >= 0.3 is 0 Å². The Morgan fingerprint density at radius 2 is 1.92 bits per heavy atom. The molecule has 2 nitrogen and oxygen atoms in total. The molecule has 0 aliphatic carbocycles. The molecule has 0 amide bonds. The molecule has 0 aliphatic heterocycles. The Morgan fingerprint density at radius 1 is 1.25 bits per heavy atom. The lowest BCUT2D eigenvalue weighted by atomic mass is 9.93. The van der Waals surface area contributed by atoms with E-state index in [1.165, 1.54) is 0 Å². The van der Waals surface area contributed by atoms with Gasteiger partial charge in [0.2, 0.25) is 0 Å². The van der Waals surface area contributed by atoms with Gasteiger partial charge in [0.1, 0.15) is 0 Å². The molecule has 0 bridgehead atoms. The third-order valence-corrected chi connectivity index (χ3v) is 1.51. The van der Waals surface area contributed by atoms with Crippen molar-refractivity contribution in [3.05, 3.63) is 12.2 Å². The first kappa shape index (κ1) is 11.7. The Morgan fingerprint density at radius 3 is 2.42 bits per heavy atom. The lowest BCUT2D eigenvalue weighted by Crippen LogP contribution is -2.09. The Hall–Kier alpha value is -0.340. The fourth-order valence-corrected chi connectivity index (χ4v) is 0.694. The molecule has 0 aromatic carbocycles. The van der Waals surface area contributed by atoms with Gasteiger partial charge in [-0.2, -0.15) is 0 Å². The summed E-state index contributed by atoms with van der Waals surface area (Å²) in [7, 11) is 0. The normalized spacial score (nSPS) is 12.7. The molecule has 0 saturated heterocycles. The van der Waals surface area contributed by atoms with Crippen molar-refractivity contribution < 1.29 is 4.74 Å². The zero-order valence-corrected chi connectivity index (χ0v) is 8.47. The maximum Gasteiger partial charge on any atom is 0.0647 e. The minimum atomic E-state index is 0.373. The molecular formula is C10H21NO. The van der Waals surface area contributed by atoms with Crippen LogP contribution in [0.25, 0.3) is 0 Å². The van der Waals surface area contributed by atoms with Crippen LogP contribution in [0.1, 0.15) is 27.2 Å². The van der Waals surface area contributed by atoms with Crippen molar-refractivity contribution in [2.24, 2.45) is 11.1 Å². The summed E-state index contributed by atoms with van der Waals surface area (Å²) in [6, 6.07) is 0. The average molecular weight is 171 g/mol. The molecule has 0 radical (unpaired) electrons. The van der Waals surface area contributed by atoms with Crippen molar-refractivity contribution in [2.75, 3.05) is 19.8 Å². The summed E-state index contributed by atoms with van der Waals surface area (Å²) in [6.45, 7) is 8.76. The van der Waals surface area contributed by atoms with E-state index >= 15 is 0 Å². The minimum absolute atomic E-state index is 0.373. The second-order valence-electron chi connectivity index (χ2n) is 4.09. The third-order valence-electron chi connectivity index (χ3n) is 1.51. The predicted molar refractivity (Wildman–Crippen MR) is 53.1 cm³/mol. The smallest absolute Gasteiger partial charge is 0.0647 e. The number of ether oxygens (including phenoxy) is 1. The second-order valence-corrected chi connectivity index (χ2v) is 4.09. The largest absolute Gasteiger partial charge is 0.377 e. The van der Waals surface area contributed by atoms with Gasteiger partial charge in [0, 0.05) is 13.2 Å². The Bertz CT molecular complexity index is 124. The molecule has 2 N–H and O–H groups in total. The van der Waals surface area contributed by atoms with Gasteiger partial charge in [-0.1, -0.05) is 32.9 Å². The topological polar surface area (TPSA) is 35.2 Å². The van der Waals surface area contributed by atoms with Crippen LogP contribution in [-0.4, -0.2) is 19.8 Å². The molecule has 0 atom stereocenters. The highest BCUT2D eigenvalue weighted by atomic mass is 16.5. The van der Waals surface area contributed by atoms with E-state index in [-0.39, 0.29) is 0 Å². The number of rotatable bonds is 5. The van der Waals surface area contributed by atoms with E-state index in [1.807, 2.05) is 12.2 Å². The first-order valence-corrected chi connectivity index (χ1v) is 4.49. The van der Waals surface area contributed by atoms with Crippen molar-refractivity contribution in [3.63, 3.8) is 0 Å². The van der Waals surface area contributed by atoms with Crippen LogP contribution in [0.3, 0.4) is 0 Å². The number of hydrogen-bond acceptors (Lipinski definition) is 2. The summed E-state index contributed by atoms with van der Waals surface area (Å²) in [5.41, 5.74) is 5.64. The quantitative estimate of drug-likeness (QED) is 0.507. The van der Waals surface area contributed by atoms with Gasteiger partial charge in [0.05, 0.1) is 6.61 Å². The van der Waals surface area contributed by atoms with Crippen molar-refractivity contribution in [2.45, 2.75) is 27.2 Å². The second kappa shape index (κ2) is 6.21. The van der Waals surface area contributed by atoms with E-state index in [9.17, 15) is 0 Å². The van der Waals surface area contributed by atoms with Crippen LogP contribution >= 0.6 is 0 Å². The fraction of sp³-hybridized carbons (Fsp3) is 0.800. The first-order chi connectivity index (χ1) is 5.56. The van der Waals surface area contributed by atoms with Gasteiger partial charge in [-0.05, 0) is 11.8 Å². The molecule has 0 rings (SSSR count). The van der Waals surface area contributed by atoms with Gasteiger partial charge in [-0.3, -0.25) is 0 Å². The van der Waals surface area contributed by atoms with Crippen LogP contribution in [0.15, 0.2) is 12.2 Å². The Kier molecular flexibility index (Phi) is 6.03. The van der Waals surface area contributed by atoms with E-state index in [2.05, 4.69) is 20.8 Å². The molecule has 0 aromatic rings. The number of nitrogens with two attached hydrogens (primary N) is 1. The van der Waals surface area contributed by atoms with Crippen molar-refractivity contribution >= 4 is 0 Å². The van der Waals surface area contributed by atoms with Crippen LogP contribution in [0, 0.1) is 5.41 Å². The van der Waals surface area contributed by atoms with Gasteiger partial charge < -0.3 is 10.5 Å². The average Bonchev–Trinajstić information content (AvgIpc) is 1.94. The van der Waals surface area contributed by atoms with Crippen molar-refractivity contribution in [1.82, 2.24) is 0 Å². The van der Waals surface area contributed by atoms with E-state index < -0.39 is 0 Å². The van der Waals surface area contributed by atoms with Crippen LogP contribution < -0.4 is 5.73 Å². The molecule has 2 heteroatoms. The van der Waals surface area contributed by atoms with E-state index in [0.29, 0.717) is 18.6 Å². The molecule has 0 saturated carbocycles. The zero-order valence-electron chi connectivity index (χ0n) is 8.47. The highest BCUT2D eigenvalue weighted by molar-refractivity contribution is 4.81. The SMILES string of the molecule is CC(C)(C)CCOCC=CCN. The van der Waals surface area contributed by atoms with E-state index in [0.717, 1.165) is 13.0 Å². The molecule has 72 valence electrons. The van der Waals surface area contributed by atoms with E-state index in [1.54, 1.807) is 0 Å². The van der Waals surface area contributed by atoms with Crippen LogP contribution in [0.2, 0.25) is 0 Å². The lowest BCUT2D eigenvalue weighted by molar-refractivity contribution is 0.131. The summed E-state index contributed by atoms with van der Waals surface area (Å²) in [5, 5.41) is 0. The van der Waals surface area contributed by atoms with Crippen LogP contribution in [0.5, 0.6) is 0 Å². The van der Waals surface area contributed by atoms with Crippen LogP contribution in [-0.2, 0) is 4.74 Å². The standard InChI is InChI=1S/C10H21NO/c1-10(2,3)6-9-12-8-5-4-7-11/h4-5H,6-9,11H2,1-3H3. The predicted octanol–water partition coefficient (Wildman–Crippen LogP) is 1.95. The third kappa shape index (κ3) is 9.66. The molecule has 12 heavy (non-hydrogen) atoms. The zero-order chi connectivity index (χ0) is 9.45. The molecule has 0 heterocycles. The molecule has 0 fully saturated rings. The molecular weight excluding hydrogens is 150 g/mol. The summed E-state index contributed by atoms with van der Waals surface area (Å²) in [6.07, 6.45) is 4.98. The van der Waals surface area contributed by atoms with E-state index in [4.69, 9.17) is 10.5 Å². The van der Waals surface area contributed by atoms with Gasteiger partial charge in [-0.25, -0.2) is 0 Å². The maximum absolute atomic E-state index is 5.37. The highest BCUT2D eigenvalue weighted by Gasteiger charge is 2.08. The Balaban J connectivity index is 3.17. The van der Waals surface area contributed by atoms with Crippen LogP contribution in [0.4, 0.5) is 0 Å². The molecule has 0 unspecified atom stereocenters. The van der Waals surface area contributed by atoms with Gasteiger partial charge in [-0.15, -0.1) is 0 Å². The lowest BCUT2D eigenvalue weighted by Gasteiger charge is -2.17. The summed E-state index contributed by atoms with van der Waals surface area (Å²) in [4.78, 5) is 0. The van der Waals surface area contributed by atoms with Crippen molar-refractivity contribution in [3.8, 4) is 0 Å². The number of hydrogen-bond donors (Lipinski definition) is 1. The first-order valence-electron chi connectivity index (χ1n) is 4.49.